The van der Waals surface area contributed by atoms with Crippen LogP contribution in [-0.4, -0.2) is 58.0 Å². The predicted octanol–water partition coefficient (Wildman–Crippen LogP) is 5.76. The summed E-state index contributed by atoms with van der Waals surface area (Å²) in [5, 5.41) is 12.3. The highest BCUT2D eigenvalue weighted by Gasteiger charge is 2.36. The molecule has 3 aromatic heterocycles. The van der Waals surface area contributed by atoms with Crippen LogP contribution in [0.4, 0.5) is 36.3 Å². The quantitative estimate of drug-likeness (QED) is 0.233. The Morgan fingerprint density at radius 3 is 2.62 bits per heavy atom. The number of amides is 1. The third-order valence-electron chi connectivity index (χ3n) is 6.89. The number of alkyl halides is 3. The summed E-state index contributed by atoms with van der Waals surface area (Å²) in [7, 11) is 0.506. The second-order valence-corrected chi connectivity index (χ2v) is 12.2. The number of carbonyl (C=O) groups excluding carboxylic acids is 1. The van der Waals surface area contributed by atoms with E-state index in [1.54, 1.807) is 48.3 Å². The first-order valence-electron chi connectivity index (χ1n) is 13.7. The number of halogens is 3. The maximum Gasteiger partial charge on any atom is 0.421 e. The molecular weight excluding hydrogens is 616 g/mol. The van der Waals surface area contributed by atoms with Crippen molar-refractivity contribution in [1.82, 2.24) is 30.0 Å². The Bertz CT molecular complexity index is 1770. The minimum Gasteiger partial charge on any atom is -0.495 e. The van der Waals surface area contributed by atoms with Crippen LogP contribution in [0.15, 0.2) is 48.9 Å². The summed E-state index contributed by atoms with van der Waals surface area (Å²) < 4.78 is 73.9. The number of ether oxygens (including phenoxy) is 1. The van der Waals surface area contributed by atoms with Crippen molar-refractivity contribution in [3.63, 3.8) is 0 Å². The van der Waals surface area contributed by atoms with Crippen LogP contribution in [0.3, 0.4) is 0 Å². The summed E-state index contributed by atoms with van der Waals surface area (Å²) in [6, 6.07) is 7.81. The Morgan fingerprint density at radius 2 is 1.91 bits per heavy atom. The summed E-state index contributed by atoms with van der Waals surface area (Å²) >= 11 is 0. The lowest BCUT2D eigenvalue weighted by atomic mass is 10.1. The number of nitrogens with one attached hydrogen (secondary N) is 3. The lowest BCUT2D eigenvalue weighted by Gasteiger charge is -2.22. The Balaban J connectivity index is 1.64. The Morgan fingerprint density at radius 1 is 1.13 bits per heavy atom. The first-order chi connectivity index (χ1) is 21.4. The molecule has 8 rings (SSSR count). The van der Waals surface area contributed by atoms with Crippen LogP contribution in [0.1, 0.15) is 35.0 Å². The van der Waals surface area contributed by atoms with E-state index in [0.717, 1.165) is 0 Å². The van der Waals surface area contributed by atoms with E-state index in [2.05, 4.69) is 36.0 Å². The fourth-order valence-corrected chi connectivity index (χ4v) is 6.16. The van der Waals surface area contributed by atoms with E-state index in [1.807, 2.05) is 0 Å². The zero-order valence-corrected chi connectivity index (χ0v) is 25.6. The molecule has 4 aliphatic rings. The first-order valence-corrected chi connectivity index (χ1v) is 15.4. The predicted molar refractivity (Wildman–Crippen MR) is 159 cm³/mol. The van der Waals surface area contributed by atoms with E-state index >= 15 is 0 Å². The number of hydrogen-bond donors (Lipinski definition) is 3. The molecule has 4 aromatic rings. The van der Waals surface area contributed by atoms with Gasteiger partial charge in [0.1, 0.15) is 17.1 Å². The molecule has 0 radical (unpaired) electrons. The van der Waals surface area contributed by atoms with Gasteiger partial charge in [0.2, 0.25) is 5.95 Å². The molecule has 13 nitrogen and oxygen atoms in total. The highest BCUT2D eigenvalue weighted by Crippen LogP contribution is 2.52. The van der Waals surface area contributed by atoms with E-state index in [9.17, 15) is 22.5 Å². The zero-order chi connectivity index (χ0) is 32.4. The molecule has 3 N–H and O–H groups in total. The molecule has 0 aliphatic carbocycles. The molecule has 2 atom stereocenters. The first kappa shape index (κ1) is 31.9. The molecule has 1 amide bonds. The van der Waals surface area contributed by atoms with Gasteiger partial charge in [0, 0.05) is 38.7 Å². The monoisotopic (exact) mass is 646 g/mol. The average molecular weight is 647 g/mol. The third-order valence-corrected chi connectivity index (χ3v) is 8.88. The van der Waals surface area contributed by atoms with Crippen molar-refractivity contribution < 1.29 is 36.3 Å². The van der Waals surface area contributed by atoms with Crippen LogP contribution in [-0.2, 0) is 32.5 Å². The highest BCUT2D eigenvalue weighted by molar-refractivity contribution is 7.53. The normalized spacial score (nSPS) is 18.7. The number of carbonyl (C=O) groups is 1. The van der Waals surface area contributed by atoms with Crippen LogP contribution >= 0.6 is 7.60 Å². The standard InChI is InChI=1S/C28H30F3N8O5P/c1-16-9-10-39-14-18(12-34-39)20-7-8-22(24(35-20)26(40)32-2)36-25-19(28(29,30)31)13-33-27(38-25)37-21-6-5-17(11-23(21)42-3)15-45(41,43-4)44-16/h5-8,11-14,16H,9-10,15H2,1-4H3,(H,32,40)(H2,33,36,37,38)/t16-,45?/m1/s1. The van der Waals surface area contributed by atoms with Gasteiger partial charge < -0.3 is 29.7 Å². The van der Waals surface area contributed by atoms with Gasteiger partial charge in [-0.25, -0.2) is 9.97 Å². The van der Waals surface area contributed by atoms with Crippen LogP contribution in [0.25, 0.3) is 11.3 Å². The molecule has 0 spiro atoms. The van der Waals surface area contributed by atoms with Gasteiger partial charge in [0.25, 0.3) is 5.91 Å². The largest absolute Gasteiger partial charge is 0.495 e. The smallest absolute Gasteiger partial charge is 0.421 e. The van der Waals surface area contributed by atoms with Gasteiger partial charge >= 0.3 is 13.8 Å². The molecule has 1 unspecified atom stereocenters. The van der Waals surface area contributed by atoms with Crippen molar-refractivity contribution in [1.29, 1.82) is 0 Å². The fraction of sp³-hybridized carbons (Fsp3) is 0.321. The Labute approximate surface area is 256 Å². The van der Waals surface area contributed by atoms with Gasteiger partial charge in [-0.05, 0) is 43.2 Å². The Hall–Kier alpha value is -4.53. The number of aryl methyl sites for hydroxylation is 1. The number of aromatic nitrogens is 5. The number of benzene rings is 1. The lowest BCUT2D eigenvalue weighted by molar-refractivity contribution is -0.137. The molecule has 0 saturated carbocycles. The molecule has 4 aliphatic heterocycles. The van der Waals surface area contributed by atoms with Crippen LogP contribution in [0.2, 0.25) is 0 Å². The van der Waals surface area contributed by atoms with Crippen molar-refractivity contribution in [3.05, 3.63) is 65.7 Å². The molecular formula is C28H30F3N8O5P. The van der Waals surface area contributed by atoms with Crippen molar-refractivity contribution in [2.24, 2.45) is 0 Å². The van der Waals surface area contributed by atoms with Crippen molar-refractivity contribution in [2.75, 3.05) is 31.9 Å². The maximum absolute atomic E-state index is 14.0. The molecule has 0 saturated heterocycles. The number of hydrogen-bond acceptors (Lipinski definition) is 11. The van der Waals surface area contributed by atoms with Crippen LogP contribution < -0.4 is 20.7 Å². The molecule has 8 bridgehead atoms. The van der Waals surface area contributed by atoms with Gasteiger partial charge in [-0.3, -0.25) is 14.0 Å². The lowest BCUT2D eigenvalue weighted by Crippen LogP contribution is -2.21. The SMILES string of the molecule is CNC(=O)c1nc2ccc1Nc1nc(ncc1C(F)(F)F)Nc1ccc(cc1OC)CP(=O)(OC)O[C@H](C)CCn1cc-2cn1. The van der Waals surface area contributed by atoms with Gasteiger partial charge in [-0.2, -0.15) is 23.3 Å². The van der Waals surface area contributed by atoms with E-state index < -0.39 is 37.2 Å². The minimum absolute atomic E-state index is 0.0155. The summed E-state index contributed by atoms with van der Waals surface area (Å²) in [5.41, 5.74) is 0.469. The number of nitrogens with zero attached hydrogens (tertiary/aromatic N) is 5. The average Bonchev–Trinajstić information content (AvgIpc) is 3.49. The number of methoxy groups -OCH3 is 1. The van der Waals surface area contributed by atoms with Crippen LogP contribution in [0, 0.1) is 0 Å². The molecule has 1 aromatic carbocycles. The van der Waals surface area contributed by atoms with E-state index in [4.69, 9.17) is 13.8 Å². The van der Waals surface area contributed by atoms with Gasteiger partial charge in [0.15, 0.2) is 5.69 Å². The topological polar surface area (TPSA) is 154 Å². The van der Waals surface area contributed by atoms with Gasteiger partial charge in [-0.15, -0.1) is 0 Å². The van der Waals surface area contributed by atoms with Crippen molar-refractivity contribution >= 4 is 36.6 Å². The van der Waals surface area contributed by atoms with E-state index in [-0.39, 0.29) is 29.2 Å². The summed E-state index contributed by atoms with van der Waals surface area (Å²) in [6.07, 6.45) is -1.02. The summed E-state index contributed by atoms with van der Waals surface area (Å²) in [5.74, 6) is -1.17. The second kappa shape index (κ2) is 12.8. The van der Waals surface area contributed by atoms with E-state index in [0.29, 0.717) is 41.7 Å². The molecule has 45 heavy (non-hydrogen) atoms. The molecule has 238 valence electrons. The van der Waals surface area contributed by atoms with Gasteiger partial charge in [-0.1, -0.05) is 6.07 Å². The highest BCUT2D eigenvalue weighted by atomic mass is 31.2. The van der Waals surface area contributed by atoms with Crippen molar-refractivity contribution in [3.8, 4) is 17.0 Å². The zero-order valence-electron chi connectivity index (χ0n) is 24.7. The summed E-state index contributed by atoms with van der Waals surface area (Å²) in [4.78, 5) is 25.2. The van der Waals surface area contributed by atoms with Crippen molar-refractivity contribution in [2.45, 2.75) is 38.3 Å². The minimum atomic E-state index is -4.82. The molecule has 0 fully saturated rings. The number of pyridine rings is 1. The third kappa shape index (κ3) is 7.24. The number of anilines is 4. The molecule has 7 heterocycles. The van der Waals surface area contributed by atoms with Crippen LogP contribution in [0.5, 0.6) is 5.75 Å². The van der Waals surface area contributed by atoms with Gasteiger partial charge in [0.05, 0.1) is 42.6 Å². The summed E-state index contributed by atoms with van der Waals surface area (Å²) in [6.45, 7) is 2.18. The fourth-order valence-electron chi connectivity index (χ4n) is 4.57. The number of rotatable bonds is 3. The van der Waals surface area contributed by atoms with E-state index in [1.165, 1.54) is 27.3 Å². The maximum atomic E-state index is 14.0. The molecule has 17 heteroatoms. The second-order valence-electron chi connectivity index (χ2n) is 10.1. The Kier molecular flexibility index (Phi) is 9.09.